The summed E-state index contributed by atoms with van der Waals surface area (Å²) in [7, 11) is 0. The van der Waals surface area contributed by atoms with Crippen molar-refractivity contribution in [1.29, 1.82) is 0 Å². The Bertz CT molecular complexity index is 327. The van der Waals surface area contributed by atoms with E-state index in [1.54, 1.807) is 0 Å². The fourth-order valence-electron chi connectivity index (χ4n) is 2.82. The first-order valence-electron chi connectivity index (χ1n) is 6.82. The van der Waals surface area contributed by atoms with Gasteiger partial charge in [-0.2, -0.15) is 0 Å². The molecule has 1 amide bonds. The van der Waals surface area contributed by atoms with Crippen molar-refractivity contribution in [3.05, 3.63) is 5.21 Å². The van der Waals surface area contributed by atoms with E-state index in [1.807, 2.05) is 53.4 Å². The Morgan fingerprint density at radius 2 is 1.67 bits per heavy atom. The van der Waals surface area contributed by atoms with Gasteiger partial charge < -0.3 is 15.2 Å². The van der Waals surface area contributed by atoms with E-state index < -0.39 is 11.1 Å². The quantitative estimate of drug-likeness (QED) is 0.762. The number of carbonyl (C=O) groups excluding carboxylic acids is 1. The molecule has 0 atom stereocenters. The number of hydrogen-bond acceptors (Lipinski definition) is 3. The van der Waals surface area contributed by atoms with Crippen LogP contribution in [0.2, 0.25) is 0 Å². The van der Waals surface area contributed by atoms with Crippen LogP contribution in [0.15, 0.2) is 0 Å². The van der Waals surface area contributed by atoms with Crippen LogP contribution >= 0.6 is 0 Å². The highest BCUT2D eigenvalue weighted by molar-refractivity contribution is 5.88. The minimum atomic E-state index is -0.894. The molecule has 0 aromatic heterocycles. The van der Waals surface area contributed by atoms with Crippen molar-refractivity contribution in [2.24, 2.45) is 0 Å². The lowest BCUT2D eigenvalue weighted by atomic mass is 9.81. The van der Waals surface area contributed by atoms with E-state index in [0.717, 1.165) is 5.06 Å². The van der Waals surface area contributed by atoms with Gasteiger partial charge in [0.2, 0.25) is 5.91 Å². The van der Waals surface area contributed by atoms with Gasteiger partial charge in [0.15, 0.2) is 0 Å². The van der Waals surface area contributed by atoms with E-state index in [2.05, 4.69) is 0 Å². The predicted molar refractivity (Wildman–Crippen MR) is 74.1 cm³/mol. The van der Waals surface area contributed by atoms with Crippen molar-refractivity contribution in [3.63, 3.8) is 0 Å². The molecule has 0 N–H and O–H groups in total. The van der Waals surface area contributed by atoms with Crippen LogP contribution in [-0.4, -0.2) is 39.0 Å². The Hall–Kier alpha value is -0.610. The number of piperazine rings is 1. The van der Waals surface area contributed by atoms with Gasteiger partial charge in [-0.15, -0.1) is 0 Å². The van der Waals surface area contributed by atoms with Crippen molar-refractivity contribution >= 4 is 5.91 Å². The molecular weight excluding hydrogens is 228 g/mol. The molecule has 1 aliphatic heterocycles. The van der Waals surface area contributed by atoms with Gasteiger partial charge in [-0.25, -0.2) is 0 Å². The number of rotatable bonds is 2. The maximum atomic E-state index is 12.7. The summed E-state index contributed by atoms with van der Waals surface area (Å²) in [5, 5.41) is 13.6. The van der Waals surface area contributed by atoms with Crippen LogP contribution in [0.3, 0.4) is 0 Å². The molecule has 4 nitrogen and oxygen atoms in total. The van der Waals surface area contributed by atoms with E-state index >= 15 is 0 Å². The summed E-state index contributed by atoms with van der Waals surface area (Å²) in [6.07, 6.45) is 1.11. The van der Waals surface area contributed by atoms with E-state index in [1.165, 1.54) is 0 Å². The van der Waals surface area contributed by atoms with Crippen LogP contribution in [0.4, 0.5) is 0 Å². The molecule has 0 aliphatic carbocycles. The van der Waals surface area contributed by atoms with Crippen LogP contribution in [0.5, 0.6) is 0 Å². The molecule has 0 bridgehead atoms. The molecule has 18 heavy (non-hydrogen) atoms. The summed E-state index contributed by atoms with van der Waals surface area (Å²) in [6, 6.07) is 0. The molecule has 106 valence electrons. The highest BCUT2D eigenvalue weighted by Crippen LogP contribution is 2.39. The maximum absolute atomic E-state index is 12.7. The van der Waals surface area contributed by atoms with Gasteiger partial charge in [0.05, 0.1) is 5.54 Å². The molecule has 1 saturated heterocycles. The molecule has 1 fully saturated rings. The van der Waals surface area contributed by atoms with Crippen molar-refractivity contribution in [3.8, 4) is 0 Å². The number of nitrogens with zero attached hydrogens (tertiary/aromatic N) is 2. The summed E-state index contributed by atoms with van der Waals surface area (Å²) in [5.74, 6) is -0.0191. The fraction of sp³-hybridized carbons (Fsp3) is 0.929. The summed E-state index contributed by atoms with van der Waals surface area (Å²) >= 11 is 0. The third-order valence-electron chi connectivity index (χ3n) is 4.11. The van der Waals surface area contributed by atoms with Crippen LogP contribution in [-0.2, 0) is 4.79 Å². The van der Waals surface area contributed by atoms with E-state index in [-0.39, 0.29) is 11.4 Å². The standard InChI is InChI=1S/C14H27N2O2/c1-8-14(9-2)11(17)15(12(3,4)5)10-13(6,7)16(14)18/h8-10H2,1-7H3/q-1. The van der Waals surface area contributed by atoms with Gasteiger partial charge in [-0.3, -0.25) is 4.79 Å². The van der Waals surface area contributed by atoms with E-state index in [4.69, 9.17) is 0 Å². The summed E-state index contributed by atoms with van der Waals surface area (Å²) < 4.78 is 0. The maximum Gasteiger partial charge on any atom is 0.242 e. The van der Waals surface area contributed by atoms with Crippen molar-refractivity contribution < 1.29 is 4.79 Å². The van der Waals surface area contributed by atoms with Crippen LogP contribution in [0, 0.1) is 5.21 Å². The first-order chi connectivity index (χ1) is 8.03. The average Bonchev–Trinajstić information content (AvgIpc) is 2.25. The third kappa shape index (κ3) is 2.16. The minimum Gasteiger partial charge on any atom is -0.784 e. The van der Waals surface area contributed by atoms with E-state index in [9.17, 15) is 10.0 Å². The zero-order valence-electron chi connectivity index (χ0n) is 12.8. The number of hydroxylamine groups is 2. The summed E-state index contributed by atoms with van der Waals surface area (Å²) in [6.45, 7) is 14.3. The lowest BCUT2D eigenvalue weighted by molar-refractivity contribution is -0.166. The monoisotopic (exact) mass is 255 g/mol. The molecule has 0 unspecified atom stereocenters. The van der Waals surface area contributed by atoms with E-state index in [0.29, 0.717) is 19.4 Å². The van der Waals surface area contributed by atoms with Gasteiger partial charge in [0.1, 0.15) is 0 Å². The highest BCUT2D eigenvalue weighted by atomic mass is 16.5. The second-order valence-corrected chi connectivity index (χ2v) is 6.91. The smallest absolute Gasteiger partial charge is 0.242 e. The van der Waals surface area contributed by atoms with Gasteiger partial charge in [-0.1, -0.05) is 13.8 Å². The summed E-state index contributed by atoms with van der Waals surface area (Å²) in [4.78, 5) is 14.6. The number of amides is 1. The Morgan fingerprint density at radius 1 is 1.22 bits per heavy atom. The fourth-order valence-corrected chi connectivity index (χ4v) is 2.82. The molecular formula is C14H27N2O2-. The normalized spacial score (nSPS) is 24.4. The van der Waals surface area contributed by atoms with Gasteiger partial charge >= 0.3 is 0 Å². The van der Waals surface area contributed by atoms with Crippen molar-refractivity contribution in [2.45, 2.75) is 77.9 Å². The lowest BCUT2D eigenvalue weighted by Crippen LogP contribution is -2.73. The Kier molecular flexibility index (Phi) is 3.86. The zero-order valence-corrected chi connectivity index (χ0v) is 12.8. The first kappa shape index (κ1) is 15.4. The molecule has 1 aliphatic rings. The molecule has 1 rings (SSSR count). The first-order valence-corrected chi connectivity index (χ1v) is 6.82. The largest absolute Gasteiger partial charge is 0.784 e. The second kappa shape index (κ2) is 4.49. The van der Waals surface area contributed by atoms with Crippen LogP contribution in [0.25, 0.3) is 0 Å². The molecule has 1 heterocycles. The van der Waals surface area contributed by atoms with Crippen molar-refractivity contribution in [2.75, 3.05) is 6.54 Å². The SMILES string of the molecule is CCC1(CC)C(=O)N(C(C)(C)C)CC(C)(C)N1[O-]. The molecule has 0 radical (unpaired) electrons. The molecule has 0 aromatic carbocycles. The molecule has 0 aromatic rings. The zero-order chi connectivity index (χ0) is 14.4. The molecule has 0 saturated carbocycles. The predicted octanol–water partition coefficient (Wildman–Crippen LogP) is 2.76. The number of hydrogen-bond donors (Lipinski definition) is 0. The van der Waals surface area contributed by atoms with Crippen LogP contribution in [0.1, 0.15) is 61.3 Å². The minimum absolute atomic E-state index is 0.0191. The number of carbonyl (C=O) groups is 1. The molecule has 4 heteroatoms. The van der Waals surface area contributed by atoms with Crippen LogP contribution < -0.4 is 0 Å². The second-order valence-electron chi connectivity index (χ2n) is 6.91. The van der Waals surface area contributed by atoms with Gasteiger partial charge in [0, 0.05) is 17.6 Å². The Labute approximate surface area is 111 Å². The van der Waals surface area contributed by atoms with Gasteiger partial charge in [-0.05, 0) is 47.5 Å². The molecule has 0 spiro atoms. The van der Waals surface area contributed by atoms with Crippen molar-refractivity contribution in [1.82, 2.24) is 9.96 Å². The highest BCUT2D eigenvalue weighted by Gasteiger charge is 2.51. The Morgan fingerprint density at radius 3 is 2.00 bits per heavy atom. The van der Waals surface area contributed by atoms with Gasteiger partial charge in [0.25, 0.3) is 0 Å². The third-order valence-corrected chi connectivity index (χ3v) is 4.11. The lowest BCUT2D eigenvalue weighted by Gasteiger charge is -2.63. The average molecular weight is 255 g/mol. The summed E-state index contributed by atoms with van der Waals surface area (Å²) in [5.41, 5.74) is -1.67. The topological polar surface area (TPSA) is 46.6 Å². The Balaban J connectivity index is 3.29.